The van der Waals surface area contributed by atoms with Gasteiger partial charge in [-0.15, -0.1) is 0 Å². The van der Waals surface area contributed by atoms with Crippen molar-refractivity contribution in [3.8, 4) is 0 Å². The molecule has 0 aromatic carbocycles. The molecule has 0 amide bonds. The Balaban J connectivity index is 2.26. The topological polar surface area (TPSA) is 3.24 Å². The molecule has 1 aliphatic heterocycles. The molecule has 0 saturated carbocycles. The van der Waals surface area contributed by atoms with E-state index < -0.39 is 0 Å². The molecule has 0 radical (unpaired) electrons. The molecule has 3 heteroatoms. The molecule has 1 rings (SSSR count). The molecule has 1 aliphatic rings. The Hall–Kier alpha value is 0.137. The van der Waals surface area contributed by atoms with Crippen molar-refractivity contribution in [2.24, 2.45) is 0 Å². The number of hydrogen-bond acceptors (Lipinski definition) is 1. The molecule has 2 nitrogen and oxygen atoms in total. The van der Waals surface area contributed by atoms with Crippen molar-refractivity contribution in [3.63, 3.8) is 0 Å². The van der Waals surface area contributed by atoms with Gasteiger partial charge in [0.1, 0.15) is 0 Å². The molecule has 0 N–H and O–H groups in total. The minimum atomic E-state index is 0.000926. The zero-order valence-corrected chi connectivity index (χ0v) is 10.3. The lowest BCUT2D eigenvalue weighted by molar-refractivity contribution is -0.786. The first-order valence-corrected chi connectivity index (χ1v) is 6.45. The molecular weight excluding hydrogens is 164 g/mol. The van der Waals surface area contributed by atoms with Crippen LogP contribution in [-0.2, 0) is 0 Å². The van der Waals surface area contributed by atoms with Crippen LogP contribution >= 0.6 is 0 Å². The van der Waals surface area contributed by atoms with Gasteiger partial charge in [0.2, 0.25) is 0 Å². The fourth-order valence-corrected chi connectivity index (χ4v) is 4.15. The van der Waals surface area contributed by atoms with Crippen LogP contribution in [-0.4, -0.2) is 52.3 Å². The third-order valence-electron chi connectivity index (χ3n) is 2.65. The molecule has 0 bridgehead atoms. The van der Waals surface area contributed by atoms with Gasteiger partial charge in [0, 0.05) is 13.0 Å². The summed E-state index contributed by atoms with van der Waals surface area (Å²) in [5.41, 5.74) is 0. The van der Waals surface area contributed by atoms with Crippen molar-refractivity contribution in [3.05, 3.63) is 0 Å². The SMILES string of the molecule is CCCCN1CCC[N+](C)(C)[SiH2]1. The highest BCUT2D eigenvalue weighted by molar-refractivity contribution is 6.22. The Morgan fingerprint density at radius 1 is 1.42 bits per heavy atom. The summed E-state index contributed by atoms with van der Waals surface area (Å²) in [7, 11) is 4.79. The minimum Gasteiger partial charge on any atom is -0.381 e. The molecule has 0 unspecified atom stereocenters. The Kier molecular flexibility index (Phi) is 3.74. The summed E-state index contributed by atoms with van der Waals surface area (Å²) in [5.74, 6) is 0. The summed E-state index contributed by atoms with van der Waals surface area (Å²) in [6, 6.07) is 0. The van der Waals surface area contributed by atoms with E-state index in [1.165, 1.54) is 43.0 Å². The molecule has 0 aromatic heterocycles. The van der Waals surface area contributed by atoms with Gasteiger partial charge in [-0.2, -0.15) is 0 Å². The van der Waals surface area contributed by atoms with Crippen molar-refractivity contribution in [2.75, 3.05) is 33.7 Å². The van der Waals surface area contributed by atoms with Crippen LogP contribution in [0.25, 0.3) is 0 Å². The zero-order valence-electron chi connectivity index (χ0n) is 8.84. The van der Waals surface area contributed by atoms with Crippen molar-refractivity contribution >= 4 is 9.84 Å². The number of hydrogen-bond donors (Lipinski definition) is 0. The maximum Gasteiger partial charge on any atom is 0.337 e. The van der Waals surface area contributed by atoms with E-state index in [4.69, 9.17) is 0 Å². The van der Waals surface area contributed by atoms with Crippen LogP contribution in [0, 0.1) is 0 Å². The van der Waals surface area contributed by atoms with E-state index in [1.807, 2.05) is 0 Å². The summed E-state index contributed by atoms with van der Waals surface area (Å²) in [6.45, 7) is 6.44. The molecule has 1 fully saturated rings. The van der Waals surface area contributed by atoms with Crippen LogP contribution in [0.2, 0.25) is 0 Å². The van der Waals surface area contributed by atoms with Crippen LogP contribution in [0.4, 0.5) is 0 Å². The van der Waals surface area contributed by atoms with Crippen molar-refractivity contribution in [2.45, 2.75) is 26.2 Å². The number of rotatable bonds is 3. The third kappa shape index (κ3) is 3.25. The molecule has 0 aliphatic carbocycles. The minimum absolute atomic E-state index is 0.000926. The van der Waals surface area contributed by atoms with E-state index >= 15 is 0 Å². The standard InChI is InChI=1S/C9H23N2Si/c1-4-5-7-10-8-6-9-11(2,3)12-10/h4-9,12H2,1-3H3/q+1. The molecule has 0 atom stereocenters. The van der Waals surface area contributed by atoms with Crippen molar-refractivity contribution in [1.29, 1.82) is 0 Å². The monoisotopic (exact) mass is 187 g/mol. The van der Waals surface area contributed by atoms with Gasteiger partial charge in [0.05, 0.1) is 20.6 Å². The number of unbranched alkanes of at least 4 members (excludes halogenated alkanes) is 1. The average Bonchev–Trinajstić information content (AvgIpc) is 1.99. The highest BCUT2D eigenvalue weighted by Gasteiger charge is 2.25. The summed E-state index contributed by atoms with van der Waals surface area (Å²) in [5, 5.41) is 0. The lowest BCUT2D eigenvalue weighted by atomic mass is 10.3. The first-order chi connectivity index (χ1) is 5.64. The van der Waals surface area contributed by atoms with Gasteiger partial charge in [0.15, 0.2) is 0 Å². The maximum absolute atomic E-state index is 2.74. The molecule has 72 valence electrons. The molecule has 1 heterocycles. The lowest BCUT2D eigenvalue weighted by Gasteiger charge is -2.40. The normalized spacial score (nSPS) is 26.2. The Bertz CT molecular complexity index is 136. The summed E-state index contributed by atoms with van der Waals surface area (Å²) >= 11 is 0. The van der Waals surface area contributed by atoms with Gasteiger partial charge < -0.3 is 4.15 Å². The van der Waals surface area contributed by atoms with E-state index in [0.29, 0.717) is 0 Å². The molecular formula is C9H23N2Si+. The summed E-state index contributed by atoms with van der Waals surface area (Å²) in [4.78, 5) is 0. The third-order valence-corrected chi connectivity index (χ3v) is 4.76. The Labute approximate surface area is 79.1 Å². The van der Waals surface area contributed by atoms with E-state index in [1.54, 1.807) is 0 Å². The van der Waals surface area contributed by atoms with Crippen molar-refractivity contribution in [1.82, 2.24) is 4.57 Å². The maximum atomic E-state index is 2.74. The molecule has 12 heavy (non-hydrogen) atoms. The van der Waals surface area contributed by atoms with Crippen LogP contribution < -0.4 is 0 Å². The molecule has 1 saturated heterocycles. The first-order valence-electron chi connectivity index (χ1n) is 5.18. The molecule has 0 aromatic rings. The van der Waals surface area contributed by atoms with Gasteiger partial charge in [-0.1, -0.05) is 13.3 Å². The first kappa shape index (κ1) is 10.2. The fourth-order valence-electron chi connectivity index (χ4n) is 1.97. The fraction of sp³-hybridized carbons (Fsp3) is 1.00. The van der Waals surface area contributed by atoms with E-state index in [2.05, 4.69) is 25.6 Å². The second kappa shape index (κ2) is 4.39. The van der Waals surface area contributed by atoms with Gasteiger partial charge in [0.25, 0.3) is 0 Å². The van der Waals surface area contributed by atoms with E-state index in [9.17, 15) is 0 Å². The van der Waals surface area contributed by atoms with Crippen LogP contribution in [0.1, 0.15) is 26.2 Å². The summed E-state index contributed by atoms with van der Waals surface area (Å²) < 4.78 is 4.07. The second-order valence-corrected chi connectivity index (χ2v) is 7.52. The van der Waals surface area contributed by atoms with Gasteiger partial charge in [-0.05, 0) is 13.0 Å². The number of quaternary nitrogens is 1. The van der Waals surface area contributed by atoms with Gasteiger partial charge in [-0.3, -0.25) is 4.57 Å². The van der Waals surface area contributed by atoms with Gasteiger partial charge >= 0.3 is 9.84 Å². The number of nitrogens with zero attached hydrogens (tertiary/aromatic N) is 2. The highest BCUT2D eigenvalue weighted by atomic mass is 28.2. The zero-order chi connectivity index (χ0) is 9.03. The average molecular weight is 187 g/mol. The van der Waals surface area contributed by atoms with Gasteiger partial charge in [-0.25, -0.2) is 0 Å². The van der Waals surface area contributed by atoms with E-state index in [0.717, 1.165) is 0 Å². The quantitative estimate of drug-likeness (QED) is 0.584. The van der Waals surface area contributed by atoms with Crippen LogP contribution in [0.5, 0.6) is 0 Å². The molecule has 0 spiro atoms. The second-order valence-electron chi connectivity index (χ2n) is 4.63. The van der Waals surface area contributed by atoms with Crippen LogP contribution in [0.3, 0.4) is 0 Å². The van der Waals surface area contributed by atoms with E-state index in [-0.39, 0.29) is 9.84 Å². The largest absolute Gasteiger partial charge is 0.381 e. The van der Waals surface area contributed by atoms with Crippen LogP contribution in [0.15, 0.2) is 0 Å². The predicted molar refractivity (Wildman–Crippen MR) is 56.6 cm³/mol. The lowest BCUT2D eigenvalue weighted by Crippen LogP contribution is -2.57. The predicted octanol–water partition coefficient (Wildman–Crippen LogP) is 0.567. The Morgan fingerprint density at radius 2 is 2.17 bits per heavy atom. The Morgan fingerprint density at radius 3 is 2.75 bits per heavy atom. The highest BCUT2D eigenvalue weighted by Crippen LogP contribution is 2.08. The smallest absolute Gasteiger partial charge is 0.337 e. The van der Waals surface area contributed by atoms with Crippen molar-refractivity contribution < 1.29 is 4.15 Å². The summed E-state index contributed by atoms with van der Waals surface area (Å²) in [6.07, 6.45) is 4.15.